The molecule has 0 aliphatic rings. The van der Waals surface area contributed by atoms with Crippen molar-refractivity contribution in [1.29, 1.82) is 0 Å². The Labute approximate surface area is 683 Å². The summed E-state index contributed by atoms with van der Waals surface area (Å²) < 4.78 is 23.6. The fraction of sp³-hybridized carbons (Fsp3) is 0.227. The number of hydrogen-bond donors (Lipinski definition) is 15. The van der Waals surface area contributed by atoms with Crippen LogP contribution in [0.15, 0.2) is 91.0 Å². The van der Waals surface area contributed by atoms with Crippen LogP contribution in [0.4, 0.5) is 63.2 Å². The Bertz CT molecular complexity index is 4370. The van der Waals surface area contributed by atoms with Gasteiger partial charge in [0.05, 0.1) is 117 Å². The van der Waals surface area contributed by atoms with E-state index < -0.39 is 6.67 Å². The van der Waals surface area contributed by atoms with E-state index in [1.54, 1.807) is 91.0 Å². The number of nitrogens with one attached hydrogen (secondary N) is 2. The first-order valence-corrected chi connectivity index (χ1v) is 38.0. The number of aliphatic hydroxyl groups excluding tert-OH is 1. The second-order valence-corrected chi connectivity index (χ2v) is 26.8. The van der Waals surface area contributed by atoms with Crippen molar-refractivity contribution < 1.29 is 23.8 Å². The zero-order chi connectivity index (χ0) is 80.3. The summed E-state index contributed by atoms with van der Waals surface area (Å²) in [5, 5.41) is 19.5. The van der Waals surface area contributed by atoms with Crippen LogP contribution in [0.25, 0.3) is 55.6 Å². The lowest BCUT2D eigenvalue weighted by Gasteiger charge is -2.15. The van der Waals surface area contributed by atoms with Crippen molar-refractivity contribution in [3.05, 3.63) is 170 Å². The number of benzene rings is 5. The Balaban J connectivity index is 0.000000308. The highest BCUT2D eigenvalue weighted by molar-refractivity contribution is 7.35. The third-order valence-corrected chi connectivity index (χ3v) is 17.6. The van der Waals surface area contributed by atoms with Gasteiger partial charge in [0.25, 0.3) is 0 Å². The Morgan fingerprint density at radius 3 is 0.944 bits per heavy atom. The Hall–Kier alpha value is -7.27. The second kappa shape index (κ2) is 48.4. The molecule has 0 bridgehead atoms. The van der Waals surface area contributed by atoms with E-state index in [0.29, 0.717) is 185 Å². The molecule has 0 spiro atoms. The summed E-state index contributed by atoms with van der Waals surface area (Å²) in [6.45, 7) is 8.28. The maximum atomic E-state index is 13.0. The van der Waals surface area contributed by atoms with Crippen molar-refractivity contribution >= 4 is 213 Å². The molecule has 5 aromatic heterocycles. The van der Waals surface area contributed by atoms with E-state index in [1.807, 2.05) is 0 Å². The van der Waals surface area contributed by atoms with Gasteiger partial charge in [-0.3, -0.25) is 4.79 Å². The number of halogens is 13. The third-order valence-electron chi connectivity index (χ3n) is 13.5. The van der Waals surface area contributed by atoms with Crippen LogP contribution >= 0.6 is 148 Å². The van der Waals surface area contributed by atoms with Crippen molar-refractivity contribution in [3.8, 4) is 55.6 Å². The summed E-state index contributed by atoms with van der Waals surface area (Å²) in [7, 11) is 1.08. The molecule has 108 heavy (non-hydrogen) atoms. The number of ether oxygens (including phenoxy) is 2. The van der Waals surface area contributed by atoms with E-state index in [1.165, 1.54) is 0 Å². The quantitative estimate of drug-likeness (QED) is 0.0130. The zero-order valence-corrected chi connectivity index (χ0v) is 67.5. The molecule has 0 atom stereocenters. The first-order chi connectivity index (χ1) is 51.5. The second-order valence-electron chi connectivity index (χ2n) is 21.1. The number of carbonyl (C=O) groups is 1. The average Bonchev–Trinajstić information content (AvgIpc) is 0.824. The molecular formula is C66H76Cl12FN24O4P. The van der Waals surface area contributed by atoms with Crippen molar-refractivity contribution in [1.82, 2.24) is 60.5 Å². The molecule has 5 aromatic carbocycles. The summed E-state index contributed by atoms with van der Waals surface area (Å²) in [6, 6.07) is 25.6. The van der Waals surface area contributed by atoms with Gasteiger partial charge < -0.3 is 94.0 Å². The monoisotopic (exact) mass is 1740 g/mol. The molecule has 10 aromatic rings. The van der Waals surface area contributed by atoms with Crippen molar-refractivity contribution in [2.75, 3.05) is 129 Å². The van der Waals surface area contributed by atoms with E-state index in [0.717, 1.165) is 8.58 Å². The minimum absolute atomic E-state index is 0.00143. The van der Waals surface area contributed by atoms with Crippen LogP contribution in [0.1, 0.15) is 33.3 Å². The van der Waals surface area contributed by atoms with E-state index >= 15 is 0 Å². The fourth-order valence-electron chi connectivity index (χ4n) is 9.26. The highest BCUT2D eigenvalue weighted by Gasteiger charge is 2.23. The molecule has 580 valence electrons. The molecule has 0 unspecified atom stereocenters. The van der Waals surface area contributed by atoms with Crippen LogP contribution < -0.4 is 79.4 Å². The number of nitrogens with zero attached hydrogens (tertiary/aromatic N) is 10. The third kappa shape index (κ3) is 27.6. The summed E-state index contributed by atoms with van der Waals surface area (Å²) in [6.07, 6.45) is 0.543. The number of nitrogen functional groups attached to an aromatic ring is 10. The van der Waals surface area contributed by atoms with Gasteiger partial charge in [-0.1, -0.05) is 177 Å². The molecule has 0 amide bonds. The molecule has 0 radical (unpaired) electrons. The predicted octanol–water partition coefficient (Wildman–Crippen LogP) is 13.3. The highest BCUT2D eigenvalue weighted by Crippen LogP contribution is 2.43. The van der Waals surface area contributed by atoms with Crippen LogP contribution in [0.5, 0.6) is 0 Å². The molecule has 5 heterocycles. The van der Waals surface area contributed by atoms with Crippen LogP contribution in [0.3, 0.4) is 0 Å². The minimum Gasteiger partial charge on any atom is -0.390 e. The van der Waals surface area contributed by atoms with Gasteiger partial charge in [-0.15, -0.1) is 31.8 Å². The molecule has 10 rings (SSSR count). The normalized spacial score (nSPS) is 10.5. The maximum Gasteiger partial charge on any atom is 0.222 e. The van der Waals surface area contributed by atoms with Gasteiger partial charge in [0.2, 0.25) is 29.7 Å². The van der Waals surface area contributed by atoms with Gasteiger partial charge in [-0.25, -0.2) is 29.3 Å². The lowest BCUT2D eigenvalue weighted by molar-refractivity contribution is 0.111. The van der Waals surface area contributed by atoms with E-state index in [9.17, 15) is 14.3 Å². The molecule has 27 N–H and O–H groups in total. The van der Waals surface area contributed by atoms with Crippen molar-refractivity contribution in [2.24, 2.45) is 11.5 Å². The largest absolute Gasteiger partial charge is 0.390 e. The topological polar surface area (TPSA) is 521 Å². The number of nitrogens with two attached hydrogens (primary N) is 12. The maximum absolute atomic E-state index is 13.0. The van der Waals surface area contributed by atoms with Gasteiger partial charge in [0.15, 0.2) is 6.29 Å². The molecule has 0 aliphatic carbocycles. The van der Waals surface area contributed by atoms with Gasteiger partial charge in [-0.05, 0) is 43.7 Å². The molecular weight excluding hydrogens is 1670 g/mol. The number of carbonyl (C=O) groups excluding carboxylic acids is 1. The standard InChI is InChI=1S/C26H28Cl4N10O.C11H9Cl2FN4.C11H10Cl2N4O.C11H8Cl2N4O.C4H12N2O.C2H7P.CH2Cl2/c27-15-5-1-3-13(21(15)29)19-17(37-25(33)39-23(19)31)11-35-7-9-41-10-8-36-12-18-20(24(32)40-26(34)38-18)14-4-2-6-16(28)22(14)30;12-6-3-1-2-5(9(6)13)8-7(4-14)17-11(16)18-10(8)15;2*12-6-3-1-2-5(9(6)13)8-7(4-18)16-11(15)17-10(8)14;5-1-3-7-4-2-6;1-3-2;2-1-3/h1-6,35-36H,7-12H2,(H4,31,33,37,39)(H4,32,34,38,40);1-3H,4H2,(H4,15,16,17,18);1-3,18H,4H2,(H4,14,15,16,17);1-4H,(H4,14,15,16,17);1-6H2;3H,1-2H3;1H2. The first-order valence-electron chi connectivity index (χ1n) is 31.2. The minimum atomic E-state index is -0.824. The smallest absolute Gasteiger partial charge is 0.222 e. The van der Waals surface area contributed by atoms with Gasteiger partial charge in [0, 0.05) is 89.3 Å². The Kier molecular flexibility index (Phi) is 41.7. The van der Waals surface area contributed by atoms with Crippen molar-refractivity contribution in [2.45, 2.75) is 26.4 Å². The predicted molar refractivity (Wildman–Crippen MR) is 448 cm³/mol. The van der Waals surface area contributed by atoms with Gasteiger partial charge >= 0.3 is 0 Å². The molecule has 0 saturated carbocycles. The van der Waals surface area contributed by atoms with Crippen LogP contribution in [-0.2, 0) is 35.8 Å². The molecule has 0 aliphatic heterocycles. The van der Waals surface area contributed by atoms with Crippen molar-refractivity contribution in [3.63, 3.8) is 0 Å². The summed E-state index contributed by atoms with van der Waals surface area (Å²) in [5.74, 6) is 0.705. The first kappa shape index (κ1) is 93.1. The van der Waals surface area contributed by atoms with Gasteiger partial charge in [-0.2, -0.15) is 24.9 Å². The molecule has 28 nitrogen and oxygen atoms in total. The summed E-state index contributed by atoms with van der Waals surface area (Å²) in [5.41, 5.74) is 74.5. The average molecular weight is 1740 g/mol. The van der Waals surface area contributed by atoms with E-state index in [-0.39, 0.29) is 92.2 Å². The highest BCUT2D eigenvalue weighted by atomic mass is 35.5. The Morgan fingerprint density at radius 1 is 0.407 bits per heavy atom. The number of aromatic nitrogens is 10. The van der Waals surface area contributed by atoms with Crippen LogP contribution in [0.2, 0.25) is 50.2 Å². The van der Waals surface area contributed by atoms with E-state index in [2.05, 4.69) is 73.8 Å². The fourth-order valence-corrected chi connectivity index (χ4v) is 11.2. The molecule has 42 heteroatoms. The Morgan fingerprint density at radius 2 is 0.657 bits per heavy atom. The summed E-state index contributed by atoms with van der Waals surface area (Å²) in [4.78, 5) is 50.9. The number of rotatable bonds is 22. The van der Waals surface area contributed by atoms with Gasteiger partial charge in [0.1, 0.15) is 41.5 Å². The van der Waals surface area contributed by atoms with Crippen LogP contribution in [0, 0.1) is 0 Å². The van der Waals surface area contributed by atoms with E-state index in [4.69, 9.17) is 217 Å². The van der Waals surface area contributed by atoms with Crippen LogP contribution in [-0.4, -0.2) is 133 Å². The number of aldehydes is 1. The SMILES string of the molecule is CPC.ClCCl.NCCOCCN.Nc1nc(N)c(-c2cccc(Cl)c2Cl)c(C=O)n1.Nc1nc(N)c(-c2cccc(Cl)c2Cl)c(CF)n1.Nc1nc(N)c(-c2cccc(Cl)c2Cl)c(CNCCOCCNCc2nc(N)nc(N)c2-c2cccc(Cl)c2Cl)n1.Nc1nc(N)c(-c2cccc(Cl)c2Cl)c(CO)n1. The number of alkyl halides is 3. The lowest BCUT2D eigenvalue weighted by Crippen LogP contribution is -2.25. The number of aliphatic hydroxyl groups is 1. The zero-order valence-electron chi connectivity index (χ0n) is 57.4. The lowest BCUT2D eigenvalue weighted by atomic mass is 10.0. The number of hydrogen-bond acceptors (Lipinski definition) is 28. The number of anilines is 10. The molecule has 0 fully saturated rings. The summed E-state index contributed by atoms with van der Waals surface area (Å²) >= 11 is 70.8. The molecule has 0 saturated heterocycles.